The van der Waals surface area contributed by atoms with E-state index in [0.717, 1.165) is 37.6 Å². The minimum Gasteiger partial charge on any atom is -0.356 e. The molecule has 0 spiro atoms. The molecule has 3 aromatic rings. The van der Waals surface area contributed by atoms with E-state index in [9.17, 15) is 4.79 Å². The van der Waals surface area contributed by atoms with Gasteiger partial charge in [-0.05, 0) is 25.0 Å². The number of hydrogen-bond acceptors (Lipinski definition) is 6. The highest BCUT2D eigenvalue weighted by atomic mass is 16.1. The van der Waals surface area contributed by atoms with E-state index in [4.69, 9.17) is 0 Å². The predicted molar refractivity (Wildman–Crippen MR) is 96.1 cm³/mol. The quantitative estimate of drug-likeness (QED) is 0.767. The van der Waals surface area contributed by atoms with Gasteiger partial charge < -0.3 is 10.2 Å². The van der Waals surface area contributed by atoms with Crippen molar-refractivity contribution in [1.82, 2.24) is 29.8 Å². The molecule has 1 aliphatic heterocycles. The SMILES string of the molecule is O=C(NC1CCN(c2cc(-n3ccnc3)ncn2)CC1)c1ccncc1. The third-order valence-corrected chi connectivity index (χ3v) is 4.50. The number of carbonyl (C=O) groups excluding carboxylic acids is 1. The average Bonchev–Trinajstić information content (AvgIpc) is 3.24. The second kappa shape index (κ2) is 7.30. The first kappa shape index (κ1) is 16.2. The summed E-state index contributed by atoms with van der Waals surface area (Å²) in [5.41, 5.74) is 0.642. The molecule has 0 aromatic carbocycles. The van der Waals surface area contributed by atoms with Gasteiger partial charge in [0.25, 0.3) is 5.91 Å². The van der Waals surface area contributed by atoms with Crippen LogP contribution in [0.5, 0.6) is 0 Å². The van der Waals surface area contributed by atoms with Crippen LogP contribution >= 0.6 is 0 Å². The highest BCUT2D eigenvalue weighted by molar-refractivity contribution is 5.94. The van der Waals surface area contributed by atoms with Gasteiger partial charge in [-0.15, -0.1) is 0 Å². The van der Waals surface area contributed by atoms with Crippen LogP contribution < -0.4 is 10.2 Å². The van der Waals surface area contributed by atoms with Crippen LogP contribution in [0.15, 0.2) is 55.6 Å². The normalized spacial score (nSPS) is 15.0. The summed E-state index contributed by atoms with van der Waals surface area (Å²) < 4.78 is 1.85. The molecular formula is C18H19N7O. The van der Waals surface area contributed by atoms with Crippen molar-refractivity contribution in [3.8, 4) is 5.82 Å². The van der Waals surface area contributed by atoms with E-state index in [2.05, 4.69) is 30.2 Å². The highest BCUT2D eigenvalue weighted by Gasteiger charge is 2.22. The van der Waals surface area contributed by atoms with E-state index in [1.54, 1.807) is 43.4 Å². The molecule has 1 fully saturated rings. The van der Waals surface area contributed by atoms with Gasteiger partial charge in [-0.3, -0.25) is 14.3 Å². The Labute approximate surface area is 150 Å². The minimum absolute atomic E-state index is 0.0460. The van der Waals surface area contributed by atoms with Crippen molar-refractivity contribution in [3.05, 3.63) is 61.2 Å². The Morgan fingerprint density at radius 2 is 1.81 bits per heavy atom. The number of imidazole rings is 1. The Bertz CT molecular complexity index is 858. The zero-order valence-electron chi connectivity index (χ0n) is 14.2. The molecule has 132 valence electrons. The van der Waals surface area contributed by atoms with Gasteiger partial charge in [-0.25, -0.2) is 15.0 Å². The van der Waals surface area contributed by atoms with Gasteiger partial charge in [0.2, 0.25) is 0 Å². The average molecular weight is 349 g/mol. The Balaban J connectivity index is 1.37. The number of nitrogens with zero attached hydrogens (tertiary/aromatic N) is 6. The van der Waals surface area contributed by atoms with Crippen LogP contribution in [0.2, 0.25) is 0 Å². The lowest BCUT2D eigenvalue weighted by Gasteiger charge is -2.33. The lowest BCUT2D eigenvalue weighted by molar-refractivity contribution is 0.0931. The molecule has 26 heavy (non-hydrogen) atoms. The van der Waals surface area contributed by atoms with Gasteiger partial charge in [0.05, 0.1) is 0 Å². The first-order valence-electron chi connectivity index (χ1n) is 8.56. The van der Waals surface area contributed by atoms with Crippen molar-refractivity contribution in [2.24, 2.45) is 0 Å². The number of amides is 1. The van der Waals surface area contributed by atoms with Crippen LogP contribution in [0.1, 0.15) is 23.2 Å². The second-order valence-electron chi connectivity index (χ2n) is 6.18. The number of anilines is 1. The zero-order valence-corrected chi connectivity index (χ0v) is 14.2. The van der Waals surface area contributed by atoms with Crippen molar-refractivity contribution in [3.63, 3.8) is 0 Å². The number of aromatic nitrogens is 5. The standard InChI is InChI=1S/C18H19N7O/c26-18(14-1-5-19-6-2-14)23-15-3-8-24(9-4-15)16-11-17(22-12-21-16)25-10-7-20-13-25/h1-2,5-7,10-13,15H,3-4,8-9H2,(H,23,26). The maximum Gasteiger partial charge on any atom is 0.251 e. The van der Waals surface area contributed by atoms with Crippen molar-refractivity contribution in [2.75, 3.05) is 18.0 Å². The summed E-state index contributed by atoms with van der Waals surface area (Å²) in [6, 6.07) is 5.57. The van der Waals surface area contributed by atoms with Crippen molar-refractivity contribution in [1.29, 1.82) is 0 Å². The van der Waals surface area contributed by atoms with Gasteiger partial charge in [0, 0.05) is 55.5 Å². The monoisotopic (exact) mass is 349 g/mol. The molecule has 1 N–H and O–H groups in total. The summed E-state index contributed by atoms with van der Waals surface area (Å²) >= 11 is 0. The molecule has 0 saturated carbocycles. The molecule has 1 aliphatic rings. The van der Waals surface area contributed by atoms with Crippen molar-refractivity contribution in [2.45, 2.75) is 18.9 Å². The highest BCUT2D eigenvalue weighted by Crippen LogP contribution is 2.19. The Morgan fingerprint density at radius 3 is 2.54 bits per heavy atom. The molecule has 8 heteroatoms. The topological polar surface area (TPSA) is 88.8 Å². The van der Waals surface area contributed by atoms with E-state index < -0.39 is 0 Å². The maximum atomic E-state index is 12.3. The molecule has 0 radical (unpaired) electrons. The van der Waals surface area contributed by atoms with Gasteiger partial charge in [-0.2, -0.15) is 0 Å². The summed E-state index contributed by atoms with van der Waals surface area (Å²) in [7, 11) is 0. The van der Waals surface area contributed by atoms with E-state index in [1.165, 1.54) is 0 Å². The van der Waals surface area contributed by atoms with Crippen LogP contribution in [0.25, 0.3) is 5.82 Å². The van der Waals surface area contributed by atoms with E-state index in [1.807, 2.05) is 16.8 Å². The Hall–Kier alpha value is -3.29. The molecule has 0 unspecified atom stereocenters. The maximum absolute atomic E-state index is 12.3. The number of piperidine rings is 1. The molecule has 1 amide bonds. The van der Waals surface area contributed by atoms with Crippen LogP contribution in [0.4, 0.5) is 5.82 Å². The fourth-order valence-electron chi connectivity index (χ4n) is 3.07. The molecule has 0 aliphatic carbocycles. The van der Waals surface area contributed by atoms with E-state index in [0.29, 0.717) is 5.56 Å². The van der Waals surface area contributed by atoms with E-state index in [-0.39, 0.29) is 11.9 Å². The Morgan fingerprint density at radius 1 is 1.04 bits per heavy atom. The summed E-state index contributed by atoms with van der Waals surface area (Å²) in [6.07, 6.45) is 11.9. The third-order valence-electron chi connectivity index (χ3n) is 4.50. The predicted octanol–water partition coefficient (Wildman–Crippen LogP) is 1.46. The largest absolute Gasteiger partial charge is 0.356 e. The second-order valence-corrected chi connectivity index (χ2v) is 6.18. The third kappa shape index (κ3) is 3.53. The zero-order chi connectivity index (χ0) is 17.8. The summed E-state index contributed by atoms with van der Waals surface area (Å²) in [5.74, 6) is 1.64. The fourth-order valence-corrected chi connectivity index (χ4v) is 3.07. The van der Waals surface area contributed by atoms with Crippen LogP contribution in [-0.2, 0) is 0 Å². The Kier molecular flexibility index (Phi) is 4.55. The van der Waals surface area contributed by atoms with Gasteiger partial charge in [0.15, 0.2) is 0 Å². The molecular weight excluding hydrogens is 330 g/mol. The van der Waals surface area contributed by atoms with Crippen molar-refractivity contribution >= 4 is 11.7 Å². The molecule has 3 aromatic heterocycles. The summed E-state index contributed by atoms with van der Waals surface area (Å²) in [6.45, 7) is 1.67. The number of nitrogens with one attached hydrogen (secondary N) is 1. The minimum atomic E-state index is -0.0460. The number of hydrogen-bond donors (Lipinski definition) is 1. The van der Waals surface area contributed by atoms with Crippen LogP contribution in [-0.4, -0.2) is 49.5 Å². The molecule has 0 atom stereocenters. The summed E-state index contributed by atoms with van der Waals surface area (Å²) in [4.78, 5) is 31.1. The van der Waals surface area contributed by atoms with Crippen LogP contribution in [0.3, 0.4) is 0 Å². The van der Waals surface area contributed by atoms with Crippen molar-refractivity contribution < 1.29 is 4.79 Å². The number of rotatable bonds is 4. The molecule has 1 saturated heterocycles. The lowest BCUT2D eigenvalue weighted by atomic mass is 10.0. The molecule has 8 nitrogen and oxygen atoms in total. The lowest BCUT2D eigenvalue weighted by Crippen LogP contribution is -2.45. The molecule has 0 bridgehead atoms. The molecule has 4 heterocycles. The fraction of sp³-hybridized carbons (Fsp3) is 0.278. The smallest absolute Gasteiger partial charge is 0.251 e. The number of pyridine rings is 1. The summed E-state index contributed by atoms with van der Waals surface area (Å²) in [5, 5.41) is 3.10. The van der Waals surface area contributed by atoms with Gasteiger partial charge in [0.1, 0.15) is 24.3 Å². The number of carbonyl (C=O) groups is 1. The van der Waals surface area contributed by atoms with Crippen LogP contribution in [0, 0.1) is 0 Å². The van der Waals surface area contributed by atoms with E-state index >= 15 is 0 Å². The van der Waals surface area contributed by atoms with Gasteiger partial charge >= 0.3 is 0 Å². The first-order chi connectivity index (χ1) is 12.8. The molecule has 4 rings (SSSR count). The first-order valence-corrected chi connectivity index (χ1v) is 8.56. The van der Waals surface area contributed by atoms with Gasteiger partial charge in [-0.1, -0.05) is 0 Å².